The van der Waals surface area contributed by atoms with Crippen molar-refractivity contribution in [3.05, 3.63) is 120 Å². The van der Waals surface area contributed by atoms with Crippen LogP contribution in [0.25, 0.3) is 22.3 Å². The van der Waals surface area contributed by atoms with Crippen molar-refractivity contribution in [2.24, 2.45) is 0 Å². The fourth-order valence-electron chi connectivity index (χ4n) is 5.35. The zero-order valence-corrected chi connectivity index (χ0v) is 24.6. The maximum atomic E-state index is 13.8. The highest BCUT2D eigenvalue weighted by Gasteiger charge is 2.25. The number of carbonyl (C=O) groups excluding carboxylic acids is 1. The smallest absolute Gasteiger partial charge is 0.201 e. The highest BCUT2D eigenvalue weighted by molar-refractivity contribution is 6.20. The number of carbonyl (C=O) groups is 1. The van der Waals surface area contributed by atoms with E-state index in [0.29, 0.717) is 34.8 Å². The first-order valence-electron chi connectivity index (χ1n) is 14.8. The molecule has 0 saturated carbocycles. The molecule has 42 heavy (non-hydrogen) atoms. The maximum absolute atomic E-state index is 13.8. The monoisotopic (exact) mass is 561 g/mol. The molecule has 0 bridgehead atoms. The van der Waals surface area contributed by atoms with Gasteiger partial charge in [0.25, 0.3) is 0 Å². The number of fused-ring (bicyclic) bond motifs is 1. The number of hydrogen-bond donors (Lipinski definition) is 0. The van der Waals surface area contributed by atoms with Crippen LogP contribution in [0.4, 0.5) is 0 Å². The molecule has 1 aromatic heterocycles. The number of furan rings is 1. The third kappa shape index (κ3) is 7.29. The molecule has 1 heterocycles. The highest BCUT2D eigenvalue weighted by Crippen LogP contribution is 2.37. The molecule has 0 saturated heterocycles. The van der Waals surface area contributed by atoms with Gasteiger partial charge >= 0.3 is 0 Å². The van der Waals surface area contributed by atoms with E-state index in [1.54, 1.807) is 19.2 Å². The van der Waals surface area contributed by atoms with Crippen LogP contribution in [0.15, 0.2) is 108 Å². The van der Waals surface area contributed by atoms with Gasteiger partial charge in [0.1, 0.15) is 22.8 Å². The Morgan fingerprint density at radius 2 is 1.52 bits per heavy atom. The molecule has 0 unspecified atom stereocenters. The summed E-state index contributed by atoms with van der Waals surface area (Å²) in [5, 5.41) is 0.779. The van der Waals surface area contributed by atoms with E-state index in [2.05, 4.69) is 42.3 Å². The number of methoxy groups -OCH3 is 1. The van der Waals surface area contributed by atoms with Gasteiger partial charge in [-0.3, -0.25) is 4.79 Å². The van der Waals surface area contributed by atoms with E-state index in [0.717, 1.165) is 42.6 Å². The summed E-state index contributed by atoms with van der Waals surface area (Å²) < 4.78 is 17.9. The third-order valence-corrected chi connectivity index (χ3v) is 7.52. The molecule has 0 amide bonds. The van der Waals surface area contributed by atoms with Crippen molar-refractivity contribution >= 4 is 16.8 Å². The Bertz CT molecular complexity index is 1590. The average Bonchev–Trinajstić information content (AvgIpc) is 3.42. The number of benzene rings is 4. The summed E-state index contributed by atoms with van der Waals surface area (Å²) in [5.41, 5.74) is 3.87. The summed E-state index contributed by atoms with van der Waals surface area (Å²) in [4.78, 5) is 16.2. The minimum atomic E-state index is -0.134. The van der Waals surface area contributed by atoms with Crippen molar-refractivity contribution < 1.29 is 18.7 Å². The van der Waals surface area contributed by atoms with Gasteiger partial charge in [-0.1, -0.05) is 92.1 Å². The summed E-state index contributed by atoms with van der Waals surface area (Å²) in [6.45, 7) is 2.77. The fraction of sp³-hybridized carbons (Fsp3) is 0.270. The van der Waals surface area contributed by atoms with Crippen LogP contribution in [0.5, 0.6) is 11.5 Å². The topological polar surface area (TPSA) is 51.9 Å². The van der Waals surface area contributed by atoms with Gasteiger partial charge in [-0.2, -0.15) is 0 Å². The SMILES string of the molecule is COc1ccccc1C(=O)c1c(-c2cccc(OCCCCCCCN(C)Cc3ccccc3)c2)oc2ccccc12. The van der Waals surface area contributed by atoms with Crippen LogP contribution in [0.3, 0.4) is 0 Å². The Morgan fingerprint density at radius 1 is 0.786 bits per heavy atom. The van der Waals surface area contributed by atoms with E-state index >= 15 is 0 Å². The molecule has 216 valence electrons. The number of rotatable bonds is 15. The standard InChI is InChI=1S/C37H39NO4/c1-38(27-28-16-7-6-8-17-28)24-13-4-3-5-14-25-41-30-19-15-18-29(26-30)37-35(31-20-9-12-23-34(31)42-37)36(39)32-21-10-11-22-33(32)40-2/h6-12,15-23,26H,3-5,13-14,24-25,27H2,1-2H3. The van der Waals surface area contributed by atoms with Gasteiger partial charge in [0.2, 0.25) is 5.78 Å². The molecule has 0 radical (unpaired) electrons. The lowest BCUT2D eigenvalue weighted by Crippen LogP contribution is -2.18. The first-order valence-corrected chi connectivity index (χ1v) is 14.8. The molecule has 0 aliphatic carbocycles. The molecule has 0 aliphatic rings. The normalized spacial score (nSPS) is 11.2. The van der Waals surface area contributed by atoms with Crippen LogP contribution < -0.4 is 9.47 Å². The van der Waals surface area contributed by atoms with Crippen molar-refractivity contribution in [1.82, 2.24) is 4.90 Å². The van der Waals surface area contributed by atoms with Crippen molar-refractivity contribution in [2.45, 2.75) is 38.6 Å². The number of nitrogens with zero attached hydrogens (tertiary/aromatic N) is 1. The van der Waals surface area contributed by atoms with Gasteiger partial charge in [-0.15, -0.1) is 0 Å². The quantitative estimate of drug-likeness (QED) is 0.0944. The molecule has 5 rings (SSSR count). The number of ether oxygens (including phenoxy) is 2. The molecule has 0 atom stereocenters. The van der Waals surface area contributed by atoms with Crippen LogP contribution in [0, 0.1) is 0 Å². The van der Waals surface area contributed by atoms with Crippen LogP contribution in [-0.2, 0) is 6.54 Å². The van der Waals surface area contributed by atoms with E-state index in [-0.39, 0.29) is 5.78 Å². The van der Waals surface area contributed by atoms with E-state index in [4.69, 9.17) is 13.9 Å². The fourth-order valence-corrected chi connectivity index (χ4v) is 5.35. The molecule has 5 nitrogen and oxygen atoms in total. The zero-order chi connectivity index (χ0) is 29.1. The molecule has 5 heteroatoms. The first kappa shape index (κ1) is 29.2. The lowest BCUT2D eigenvalue weighted by Gasteiger charge is -2.16. The second kappa shape index (κ2) is 14.5. The number of para-hydroxylation sites is 2. The van der Waals surface area contributed by atoms with Gasteiger partial charge in [0.15, 0.2) is 0 Å². The van der Waals surface area contributed by atoms with Crippen LogP contribution in [0.2, 0.25) is 0 Å². The Hall–Kier alpha value is -4.35. The predicted octanol–water partition coefficient (Wildman–Crippen LogP) is 8.80. The van der Waals surface area contributed by atoms with Gasteiger partial charge in [0.05, 0.1) is 24.8 Å². The molecule has 0 spiro atoms. The minimum Gasteiger partial charge on any atom is -0.496 e. The Kier molecular flexibility index (Phi) is 10.1. The first-order chi connectivity index (χ1) is 20.6. The van der Waals surface area contributed by atoms with Crippen molar-refractivity contribution in [3.63, 3.8) is 0 Å². The zero-order valence-electron chi connectivity index (χ0n) is 24.6. The predicted molar refractivity (Wildman–Crippen MR) is 169 cm³/mol. The van der Waals surface area contributed by atoms with Crippen molar-refractivity contribution in [3.8, 4) is 22.8 Å². The molecule has 0 fully saturated rings. The summed E-state index contributed by atoms with van der Waals surface area (Å²) in [7, 11) is 3.77. The number of ketones is 1. The summed E-state index contributed by atoms with van der Waals surface area (Å²) >= 11 is 0. The highest BCUT2D eigenvalue weighted by atomic mass is 16.5. The third-order valence-electron chi connectivity index (χ3n) is 7.52. The second-order valence-corrected chi connectivity index (χ2v) is 10.7. The average molecular weight is 562 g/mol. The van der Waals surface area contributed by atoms with Crippen LogP contribution in [0.1, 0.15) is 53.6 Å². The Morgan fingerprint density at radius 3 is 2.38 bits per heavy atom. The van der Waals surface area contributed by atoms with Crippen molar-refractivity contribution in [1.29, 1.82) is 0 Å². The molecular weight excluding hydrogens is 522 g/mol. The second-order valence-electron chi connectivity index (χ2n) is 10.7. The summed E-state index contributed by atoms with van der Waals surface area (Å²) in [6.07, 6.45) is 5.79. The van der Waals surface area contributed by atoms with E-state index in [1.165, 1.54) is 24.8 Å². The summed E-state index contributed by atoms with van der Waals surface area (Å²) in [5.74, 6) is 1.71. The van der Waals surface area contributed by atoms with Gasteiger partial charge in [-0.05, 0) is 62.3 Å². The van der Waals surface area contributed by atoms with Gasteiger partial charge in [0, 0.05) is 17.5 Å². The van der Waals surface area contributed by atoms with Crippen molar-refractivity contribution in [2.75, 3.05) is 27.3 Å². The van der Waals surface area contributed by atoms with E-state index < -0.39 is 0 Å². The lowest BCUT2D eigenvalue weighted by molar-refractivity contribution is 0.103. The molecular formula is C37H39NO4. The molecule has 5 aromatic rings. The molecule has 0 aliphatic heterocycles. The Balaban J connectivity index is 1.16. The number of unbranched alkanes of at least 4 members (excludes halogenated alkanes) is 4. The van der Waals surface area contributed by atoms with E-state index in [1.807, 2.05) is 60.7 Å². The molecule has 0 N–H and O–H groups in total. The van der Waals surface area contributed by atoms with Crippen LogP contribution >= 0.6 is 0 Å². The maximum Gasteiger partial charge on any atom is 0.201 e. The number of hydrogen-bond acceptors (Lipinski definition) is 5. The largest absolute Gasteiger partial charge is 0.496 e. The van der Waals surface area contributed by atoms with E-state index in [9.17, 15) is 4.79 Å². The lowest BCUT2D eigenvalue weighted by atomic mass is 9.97. The minimum absolute atomic E-state index is 0.134. The van der Waals surface area contributed by atoms with Crippen LogP contribution in [-0.4, -0.2) is 38.0 Å². The van der Waals surface area contributed by atoms with Gasteiger partial charge in [-0.25, -0.2) is 0 Å². The van der Waals surface area contributed by atoms with Gasteiger partial charge < -0.3 is 18.8 Å². The summed E-state index contributed by atoms with van der Waals surface area (Å²) in [6, 6.07) is 33.4. The molecule has 4 aromatic carbocycles. The Labute approximate surface area is 248 Å².